The minimum absolute atomic E-state index is 0.0588. The number of aromatic amines is 1. The molecule has 0 fully saturated rings. The molecule has 1 heterocycles. The van der Waals surface area contributed by atoms with Crippen LogP contribution in [-0.2, 0) is 15.4 Å². The van der Waals surface area contributed by atoms with E-state index in [0.29, 0.717) is 5.82 Å². The van der Waals surface area contributed by atoms with Crippen molar-refractivity contribution in [3.05, 3.63) is 29.8 Å². The summed E-state index contributed by atoms with van der Waals surface area (Å²) in [4.78, 5) is 3.86. The number of H-pyrrole nitrogens is 1. The summed E-state index contributed by atoms with van der Waals surface area (Å²) in [5, 5.41) is 10.8. The predicted molar refractivity (Wildman–Crippen MR) is 71.9 cm³/mol. The number of benzene rings is 1. The Morgan fingerprint density at radius 1 is 1.16 bits per heavy atom. The van der Waals surface area contributed by atoms with Gasteiger partial charge in [0, 0.05) is 5.56 Å². The van der Waals surface area contributed by atoms with Gasteiger partial charge in [0.25, 0.3) is 15.2 Å². The van der Waals surface area contributed by atoms with Crippen LogP contribution in [0.25, 0.3) is 11.4 Å². The summed E-state index contributed by atoms with van der Waals surface area (Å²) < 4.78 is 22.2. The smallest absolute Gasteiger partial charge is 0.248 e. The van der Waals surface area contributed by atoms with E-state index < -0.39 is 10.0 Å². The zero-order valence-corrected chi connectivity index (χ0v) is 11.8. The van der Waals surface area contributed by atoms with Gasteiger partial charge in [-0.3, -0.25) is 0 Å². The van der Waals surface area contributed by atoms with E-state index in [1.807, 2.05) is 24.3 Å². The molecule has 0 atom stereocenters. The summed E-state index contributed by atoms with van der Waals surface area (Å²) in [6, 6.07) is 7.66. The van der Waals surface area contributed by atoms with Crippen LogP contribution < -0.4 is 5.14 Å². The van der Waals surface area contributed by atoms with E-state index in [1.165, 1.54) is 5.56 Å². The van der Waals surface area contributed by atoms with Gasteiger partial charge in [-0.05, 0) is 11.0 Å². The summed E-state index contributed by atoms with van der Waals surface area (Å²) in [6.07, 6.45) is 0. The molecule has 1 aromatic heterocycles. The monoisotopic (exact) mass is 280 g/mol. The second kappa shape index (κ2) is 4.43. The third kappa shape index (κ3) is 2.99. The lowest BCUT2D eigenvalue weighted by Gasteiger charge is -2.18. The molecule has 0 aliphatic rings. The lowest BCUT2D eigenvalue weighted by Crippen LogP contribution is -2.13. The van der Waals surface area contributed by atoms with E-state index in [1.54, 1.807) is 0 Å². The zero-order valence-electron chi connectivity index (χ0n) is 11.0. The molecule has 19 heavy (non-hydrogen) atoms. The molecule has 0 saturated carbocycles. The predicted octanol–water partition coefficient (Wildman–Crippen LogP) is 1.42. The molecule has 0 radical (unpaired) electrons. The number of sulfonamides is 1. The topological polar surface area (TPSA) is 102 Å². The number of nitrogens with one attached hydrogen (secondary N) is 1. The van der Waals surface area contributed by atoms with Crippen LogP contribution in [0.15, 0.2) is 29.4 Å². The molecule has 3 N–H and O–H groups in total. The maximum Gasteiger partial charge on any atom is 0.273 e. The Morgan fingerprint density at radius 3 is 2.16 bits per heavy atom. The molecular weight excluding hydrogens is 264 g/mol. The Bertz CT molecular complexity index is 681. The van der Waals surface area contributed by atoms with Crippen molar-refractivity contribution in [3.8, 4) is 11.4 Å². The Kier molecular flexibility index (Phi) is 3.19. The van der Waals surface area contributed by atoms with Gasteiger partial charge in [0.1, 0.15) is 0 Å². The van der Waals surface area contributed by atoms with Crippen molar-refractivity contribution in [2.45, 2.75) is 31.3 Å². The SMILES string of the molecule is CC(C)(C)c1ccc(-c2n[nH]c(S(N)(=O)=O)n2)cc1. The van der Waals surface area contributed by atoms with Crippen molar-refractivity contribution in [1.29, 1.82) is 0 Å². The van der Waals surface area contributed by atoms with Crippen molar-refractivity contribution in [3.63, 3.8) is 0 Å². The maximum absolute atomic E-state index is 11.1. The second-order valence-electron chi connectivity index (χ2n) is 5.34. The maximum atomic E-state index is 11.1. The number of hydrogen-bond acceptors (Lipinski definition) is 4. The minimum Gasteiger partial charge on any atom is -0.248 e. The average Bonchev–Trinajstić information content (AvgIpc) is 2.77. The molecule has 7 heteroatoms. The molecule has 0 unspecified atom stereocenters. The fraction of sp³-hybridized carbons (Fsp3) is 0.333. The van der Waals surface area contributed by atoms with Gasteiger partial charge in [0.05, 0.1) is 0 Å². The summed E-state index contributed by atoms with van der Waals surface area (Å²) in [7, 11) is -3.85. The van der Waals surface area contributed by atoms with Gasteiger partial charge in [-0.15, -0.1) is 0 Å². The Morgan fingerprint density at radius 2 is 1.74 bits per heavy atom. The number of hydrogen-bond donors (Lipinski definition) is 2. The van der Waals surface area contributed by atoms with Crippen LogP contribution in [0.3, 0.4) is 0 Å². The van der Waals surface area contributed by atoms with Crippen molar-refractivity contribution in [2.24, 2.45) is 5.14 Å². The molecule has 0 amide bonds. The van der Waals surface area contributed by atoms with Crippen molar-refractivity contribution >= 4 is 10.0 Å². The molecule has 2 rings (SSSR count). The Balaban J connectivity index is 2.36. The molecule has 0 spiro atoms. The molecule has 102 valence electrons. The largest absolute Gasteiger partial charge is 0.273 e. The molecule has 0 bridgehead atoms. The number of primary sulfonamides is 1. The summed E-state index contributed by atoms with van der Waals surface area (Å²) >= 11 is 0. The number of nitrogens with zero attached hydrogens (tertiary/aromatic N) is 2. The first-order chi connectivity index (χ1) is 8.68. The van der Waals surface area contributed by atoms with E-state index in [0.717, 1.165) is 5.56 Å². The lowest BCUT2D eigenvalue weighted by molar-refractivity contribution is 0.589. The van der Waals surface area contributed by atoms with Crippen LogP contribution in [0.1, 0.15) is 26.3 Å². The molecule has 6 nitrogen and oxygen atoms in total. The van der Waals surface area contributed by atoms with E-state index in [-0.39, 0.29) is 10.6 Å². The second-order valence-corrected chi connectivity index (χ2v) is 6.81. The molecular formula is C12H16N4O2S. The zero-order chi connectivity index (χ0) is 14.3. The van der Waals surface area contributed by atoms with Crippen LogP contribution in [0, 0.1) is 0 Å². The quantitative estimate of drug-likeness (QED) is 0.868. The highest BCUT2D eigenvalue weighted by Crippen LogP contribution is 2.24. The Labute approximate surface area is 112 Å². The highest BCUT2D eigenvalue weighted by Gasteiger charge is 2.16. The third-order valence-corrected chi connectivity index (χ3v) is 3.47. The number of nitrogens with two attached hydrogens (primary N) is 1. The highest BCUT2D eigenvalue weighted by atomic mass is 32.2. The highest BCUT2D eigenvalue weighted by molar-refractivity contribution is 7.89. The first-order valence-corrected chi connectivity index (χ1v) is 7.29. The molecule has 0 aliphatic heterocycles. The molecule has 2 aromatic rings. The standard InChI is InChI=1S/C12H16N4O2S/c1-12(2,3)9-6-4-8(5-7-9)10-14-11(16-15-10)19(13,17)18/h4-7H,1-3H3,(H2,13,17,18)(H,14,15,16). The first kappa shape index (κ1) is 13.7. The van der Waals surface area contributed by atoms with E-state index >= 15 is 0 Å². The van der Waals surface area contributed by atoms with Crippen molar-refractivity contribution in [1.82, 2.24) is 15.2 Å². The summed E-state index contributed by atoms with van der Waals surface area (Å²) in [6.45, 7) is 6.36. The van der Waals surface area contributed by atoms with Gasteiger partial charge in [-0.2, -0.15) is 10.1 Å². The van der Waals surface area contributed by atoms with Crippen LogP contribution in [0.5, 0.6) is 0 Å². The fourth-order valence-corrected chi connectivity index (χ4v) is 2.01. The summed E-state index contributed by atoms with van der Waals surface area (Å²) in [5.74, 6) is 0.310. The van der Waals surface area contributed by atoms with Gasteiger partial charge in [-0.25, -0.2) is 18.7 Å². The van der Waals surface area contributed by atoms with Crippen LogP contribution in [0.4, 0.5) is 0 Å². The van der Waals surface area contributed by atoms with Gasteiger partial charge in [-0.1, -0.05) is 45.0 Å². The van der Waals surface area contributed by atoms with E-state index in [9.17, 15) is 8.42 Å². The lowest BCUT2D eigenvalue weighted by atomic mass is 9.87. The van der Waals surface area contributed by atoms with E-state index in [2.05, 4.69) is 36.0 Å². The number of aromatic nitrogens is 3. The minimum atomic E-state index is -3.85. The van der Waals surface area contributed by atoms with E-state index in [4.69, 9.17) is 5.14 Å². The van der Waals surface area contributed by atoms with Crippen molar-refractivity contribution < 1.29 is 8.42 Å². The van der Waals surface area contributed by atoms with Gasteiger partial charge in [0.2, 0.25) is 0 Å². The first-order valence-electron chi connectivity index (χ1n) is 5.74. The fourth-order valence-electron chi connectivity index (χ4n) is 1.62. The van der Waals surface area contributed by atoms with Crippen LogP contribution in [0.2, 0.25) is 0 Å². The van der Waals surface area contributed by atoms with Crippen LogP contribution in [-0.4, -0.2) is 23.6 Å². The molecule has 1 aromatic carbocycles. The molecule has 0 aliphatic carbocycles. The molecule has 0 saturated heterocycles. The van der Waals surface area contributed by atoms with Gasteiger partial charge < -0.3 is 0 Å². The Hall–Kier alpha value is -1.73. The van der Waals surface area contributed by atoms with Gasteiger partial charge >= 0.3 is 0 Å². The third-order valence-electron chi connectivity index (χ3n) is 2.74. The van der Waals surface area contributed by atoms with Gasteiger partial charge in [0.15, 0.2) is 5.82 Å². The number of rotatable bonds is 2. The van der Waals surface area contributed by atoms with Crippen molar-refractivity contribution in [2.75, 3.05) is 0 Å². The van der Waals surface area contributed by atoms with Crippen LogP contribution >= 0.6 is 0 Å². The summed E-state index contributed by atoms with van der Waals surface area (Å²) in [5.41, 5.74) is 1.97. The average molecular weight is 280 g/mol. The normalized spacial score (nSPS) is 12.6.